The van der Waals surface area contributed by atoms with Crippen LogP contribution in [-0.4, -0.2) is 10.9 Å². The number of nitrogen functional groups attached to an aromatic ring is 1. The number of anilines is 2. The summed E-state index contributed by atoms with van der Waals surface area (Å²) in [5, 5.41) is 5.77. The van der Waals surface area contributed by atoms with Crippen molar-refractivity contribution in [2.45, 2.75) is 17.6 Å². The quantitative estimate of drug-likeness (QED) is 0.668. The Kier molecular flexibility index (Phi) is 4.68. The zero-order valence-corrected chi connectivity index (χ0v) is 12.5. The van der Waals surface area contributed by atoms with Crippen LogP contribution in [0.4, 0.5) is 10.8 Å². The van der Waals surface area contributed by atoms with E-state index in [9.17, 15) is 4.79 Å². The van der Waals surface area contributed by atoms with Crippen LogP contribution in [0.2, 0.25) is 5.02 Å². The number of nitrogens with two attached hydrogens (primary N) is 1. The standard InChI is InChI=1S/C12H12ClN3OS2/c1-7(17)15-12-16-8(6-19-12)5-18-9-2-3-11(14)10(13)4-9/h2-4,6H,5,14H2,1H3,(H,15,16,17). The Labute approximate surface area is 124 Å². The lowest BCUT2D eigenvalue weighted by atomic mass is 10.3. The molecule has 0 radical (unpaired) electrons. The van der Waals surface area contributed by atoms with Crippen LogP contribution in [-0.2, 0) is 10.5 Å². The zero-order chi connectivity index (χ0) is 13.8. The number of halogens is 1. The number of hydrogen-bond acceptors (Lipinski definition) is 5. The highest BCUT2D eigenvalue weighted by Crippen LogP contribution is 2.29. The molecule has 0 aliphatic heterocycles. The van der Waals surface area contributed by atoms with Crippen molar-refractivity contribution in [3.8, 4) is 0 Å². The number of carbonyl (C=O) groups is 1. The average molecular weight is 314 g/mol. The molecule has 2 aromatic rings. The van der Waals surface area contributed by atoms with Gasteiger partial charge >= 0.3 is 0 Å². The van der Waals surface area contributed by atoms with Gasteiger partial charge in [0, 0.05) is 23.0 Å². The van der Waals surface area contributed by atoms with Crippen molar-refractivity contribution in [3.63, 3.8) is 0 Å². The highest BCUT2D eigenvalue weighted by atomic mass is 35.5. The molecular weight excluding hydrogens is 302 g/mol. The van der Waals surface area contributed by atoms with E-state index < -0.39 is 0 Å². The Morgan fingerprint density at radius 2 is 2.37 bits per heavy atom. The fraction of sp³-hybridized carbons (Fsp3) is 0.167. The predicted octanol–water partition coefficient (Wildman–Crippen LogP) is 3.63. The van der Waals surface area contributed by atoms with E-state index in [1.165, 1.54) is 18.3 Å². The van der Waals surface area contributed by atoms with Crippen molar-refractivity contribution in [2.24, 2.45) is 0 Å². The first kappa shape index (κ1) is 14.2. The number of carbonyl (C=O) groups excluding carboxylic acids is 1. The lowest BCUT2D eigenvalue weighted by Crippen LogP contribution is -2.05. The second kappa shape index (κ2) is 6.27. The van der Waals surface area contributed by atoms with Crippen molar-refractivity contribution in [2.75, 3.05) is 11.1 Å². The first-order chi connectivity index (χ1) is 9.04. The molecule has 0 unspecified atom stereocenters. The van der Waals surface area contributed by atoms with Gasteiger partial charge in [-0.25, -0.2) is 4.98 Å². The normalized spacial score (nSPS) is 10.4. The number of aromatic nitrogens is 1. The summed E-state index contributed by atoms with van der Waals surface area (Å²) >= 11 is 8.99. The average Bonchev–Trinajstić information content (AvgIpc) is 2.77. The van der Waals surface area contributed by atoms with Gasteiger partial charge in [0.25, 0.3) is 0 Å². The molecule has 1 amide bonds. The van der Waals surface area contributed by atoms with Gasteiger partial charge in [0.2, 0.25) is 5.91 Å². The summed E-state index contributed by atoms with van der Waals surface area (Å²) in [6, 6.07) is 5.55. The highest BCUT2D eigenvalue weighted by Gasteiger charge is 2.05. The van der Waals surface area contributed by atoms with Crippen molar-refractivity contribution in [3.05, 3.63) is 34.3 Å². The van der Waals surface area contributed by atoms with Gasteiger partial charge in [-0.2, -0.15) is 0 Å². The maximum absolute atomic E-state index is 10.9. The largest absolute Gasteiger partial charge is 0.398 e. The number of amides is 1. The number of hydrogen-bond donors (Lipinski definition) is 2. The number of nitrogens with zero attached hydrogens (tertiary/aromatic N) is 1. The summed E-state index contributed by atoms with van der Waals surface area (Å²) < 4.78 is 0. The van der Waals surface area contributed by atoms with E-state index in [1.54, 1.807) is 17.8 Å². The molecule has 0 saturated carbocycles. The Hall–Kier alpha value is -1.24. The van der Waals surface area contributed by atoms with Crippen molar-refractivity contribution in [1.29, 1.82) is 0 Å². The van der Waals surface area contributed by atoms with Crippen LogP contribution in [0.3, 0.4) is 0 Å². The first-order valence-corrected chi connectivity index (χ1v) is 7.69. The lowest BCUT2D eigenvalue weighted by Gasteiger charge is -2.02. The number of thioether (sulfide) groups is 1. The van der Waals surface area contributed by atoms with E-state index in [0.29, 0.717) is 15.8 Å². The molecule has 0 aliphatic rings. The molecule has 100 valence electrons. The van der Waals surface area contributed by atoms with E-state index in [1.807, 2.05) is 17.5 Å². The minimum atomic E-state index is -0.112. The van der Waals surface area contributed by atoms with Crippen molar-refractivity contribution in [1.82, 2.24) is 4.98 Å². The van der Waals surface area contributed by atoms with Crippen LogP contribution in [0.15, 0.2) is 28.5 Å². The summed E-state index contributed by atoms with van der Waals surface area (Å²) in [7, 11) is 0. The van der Waals surface area contributed by atoms with E-state index in [4.69, 9.17) is 17.3 Å². The summed E-state index contributed by atoms with van der Waals surface area (Å²) in [4.78, 5) is 16.2. The van der Waals surface area contributed by atoms with E-state index in [2.05, 4.69) is 10.3 Å². The molecule has 4 nitrogen and oxygen atoms in total. The molecule has 2 rings (SSSR count). The van der Waals surface area contributed by atoms with Crippen molar-refractivity contribution >= 4 is 51.4 Å². The summed E-state index contributed by atoms with van der Waals surface area (Å²) in [6.07, 6.45) is 0. The van der Waals surface area contributed by atoms with Gasteiger partial charge in [0.15, 0.2) is 5.13 Å². The fourth-order valence-electron chi connectivity index (χ4n) is 1.34. The van der Waals surface area contributed by atoms with E-state index in [0.717, 1.165) is 16.3 Å². The Bertz CT molecular complexity index is 600. The molecule has 1 aromatic heterocycles. The lowest BCUT2D eigenvalue weighted by molar-refractivity contribution is -0.114. The van der Waals surface area contributed by atoms with Gasteiger partial charge in [0.1, 0.15) is 0 Å². The fourth-order valence-corrected chi connectivity index (χ4v) is 3.27. The minimum absolute atomic E-state index is 0.112. The SMILES string of the molecule is CC(=O)Nc1nc(CSc2ccc(N)c(Cl)c2)cs1. The van der Waals surface area contributed by atoms with Crippen LogP contribution >= 0.6 is 34.7 Å². The van der Waals surface area contributed by atoms with Gasteiger partial charge in [-0.05, 0) is 18.2 Å². The monoisotopic (exact) mass is 313 g/mol. The van der Waals surface area contributed by atoms with Crippen LogP contribution in [0.1, 0.15) is 12.6 Å². The van der Waals surface area contributed by atoms with Gasteiger partial charge < -0.3 is 11.1 Å². The van der Waals surface area contributed by atoms with E-state index in [-0.39, 0.29) is 5.91 Å². The second-order valence-corrected chi connectivity index (χ2v) is 6.11. The zero-order valence-electron chi connectivity index (χ0n) is 10.1. The molecule has 0 atom stereocenters. The van der Waals surface area contributed by atoms with E-state index >= 15 is 0 Å². The number of rotatable bonds is 4. The van der Waals surface area contributed by atoms with Crippen molar-refractivity contribution < 1.29 is 4.79 Å². The molecule has 3 N–H and O–H groups in total. The molecule has 0 bridgehead atoms. The predicted molar refractivity (Wildman–Crippen MR) is 81.8 cm³/mol. The summed E-state index contributed by atoms with van der Waals surface area (Å²) in [5.74, 6) is 0.606. The Balaban J connectivity index is 1.96. The maximum atomic E-state index is 10.9. The molecule has 1 heterocycles. The number of benzene rings is 1. The smallest absolute Gasteiger partial charge is 0.223 e. The Morgan fingerprint density at radius 3 is 3.05 bits per heavy atom. The van der Waals surface area contributed by atoms with Crippen LogP contribution in [0.25, 0.3) is 0 Å². The third kappa shape index (κ3) is 4.12. The van der Waals surface area contributed by atoms with Gasteiger partial charge in [-0.3, -0.25) is 4.79 Å². The molecule has 1 aromatic carbocycles. The number of nitrogens with one attached hydrogen (secondary N) is 1. The molecule has 19 heavy (non-hydrogen) atoms. The third-order valence-corrected chi connectivity index (χ3v) is 4.35. The van der Waals surface area contributed by atoms with Crippen LogP contribution < -0.4 is 11.1 Å². The summed E-state index contributed by atoms with van der Waals surface area (Å²) in [6.45, 7) is 1.46. The Morgan fingerprint density at radius 1 is 1.58 bits per heavy atom. The van der Waals surface area contributed by atoms with Gasteiger partial charge in [-0.15, -0.1) is 23.1 Å². The maximum Gasteiger partial charge on any atom is 0.223 e. The van der Waals surface area contributed by atoms with Gasteiger partial charge in [0.05, 0.1) is 16.4 Å². The molecule has 0 aliphatic carbocycles. The van der Waals surface area contributed by atoms with Gasteiger partial charge in [-0.1, -0.05) is 11.6 Å². The minimum Gasteiger partial charge on any atom is -0.398 e. The van der Waals surface area contributed by atoms with Crippen LogP contribution in [0, 0.1) is 0 Å². The third-order valence-electron chi connectivity index (χ3n) is 2.19. The molecule has 0 spiro atoms. The number of thiazole rings is 1. The topological polar surface area (TPSA) is 68.0 Å². The molecule has 0 saturated heterocycles. The second-order valence-electron chi connectivity index (χ2n) is 3.80. The molecular formula is C12H12ClN3OS2. The highest BCUT2D eigenvalue weighted by molar-refractivity contribution is 7.98. The summed E-state index contributed by atoms with van der Waals surface area (Å²) in [5.41, 5.74) is 7.15. The molecule has 7 heteroatoms. The van der Waals surface area contributed by atoms with Crippen LogP contribution in [0.5, 0.6) is 0 Å². The first-order valence-electron chi connectivity index (χ1n) is 5.44. The molecule has 0 fully saturated rings.